The molecule has 4 nitrogen and oxygen atoms in total. The van der Waals surface area contributed by atoms with Gasteiger partial charge >= 0.3 is 5.97 Å². The Morgan fingerprint density at radius 2 is 2.10 bits per heavy atom. The van der Waals surface area contributed by atoms with Crippen molar-refractivity contribution >= 4 is 38.5 Å². The summed E-state index contributed by atoms with van der Waals surface area (Å²) in [6.07, 6.45) is 1.23. The number of pyridine rings is 1. The van der Waals surface area contributed by atoms with E-state index in [4.69, 9.17) is 4.74 Å². The Morgan fingerprint density at radius 1 is 1.38 bits per heavy atom. The third-order valence-corrected chi connectivity index (χ3v) is 3.61. The van der Waals surface area contributed by atoms with Gasteiger partial charge in [-0.05, 0) is 29.8 Å². The Balaban J connectivity index is 2.81. The molecule has 1 aromatic carbocycles. The summed E-state index contributed by atoms with van der Waals surface area (Å²) in [5.74, 6) is -2.15. The van der Waals surface area contributed by atoms with Crippen LogP contribution in [0, 0.1) is 11.6 Å². The summed E-state index contributed by atoms with van der Waals surface area (Å²) in [4.78, 5) is 15.9. The molecule has 0 bridgehead atoms. The minimum Gasteiger partial charge on any atom is -0.462 e. The van der Waals surface area contributed by atoms with E-state index < -0.39 is 17.6 Å². The molecule has 2 rings (SSSR count). The van der Waals surface area contributed by atoms with E-state index in [1.807, 2.05) is 6.92 Å². The van der Waals surface area contributed by atoms with Crippen molar-refractivity contribution in [3.05, 3.63) is 33.9 Å². The minimum atomic E-state index is -0.791. The number of hydrogen-bond acceptors (Lipinski definition) is 4. The average Bonchev–Trinajstić information content (AvgIpc) is 2.45. The predicted octanol–water partition coefficient (Wildman–Crippen LogP) is 3.88. The number of nitrogens with one attached hydrogen (secondary N) is 1. The number of ether oxygens (including phenoxy) is 1. The first kappa shape index (κ1) is 15.6. The van der Waals surface area contributed by atoms with Gasteiger partial charge < -0.3 is 10.1 Å². The van der Waals surface area contributed by atoms with Crippen molar-refractivity contribution in [3.63, 3.8) is 0 Å². The highest BCUT2D eigenvalue weighted by molar-refractivity contribution is 9.10. The maximum atomic E-state index is 13.9. The van der Waals surface area contributed by atoms with E-state index >= 15 is 0 Å². The van der Waals surface area contributed by atoms with Crippen LogP contribution in [0.15, 0.2) is 16.7 Å². The minimum absolute atomic E-state index is 0.0210. The fourth-order valence-corrected chi connectivity index (χ4v) is 2.49. The van der Waals surface area contributed by atoms with Crippen LogP contribution in [0.25, 0.3) is 10.9 Å². The monoisotopic (exact) mass is 358 g/mol. The molecule has 0 unspecified atom stereocenters. The molecule has 1 heterocycles. The molecular weight excluding hydrogens is 346 g/mol. The maximum absolute atomic E-state index is 13.9. The Bertz CT molecular complexity index is 707. The van der Waals surface area contributed by atoms with E-state index in [9.17, 15) is 13.6 Å². The van der Waals surface area contributed by atoms with Gasteiger partial charge in [-0.2, -0.15) is 0 Å². The summed E-state index contributed by atoms with van der Waals surface area (Å²) in [7, 11) is 0. The number of anilines is 1. The molecule has 2 aromatic rings. The molecule has 0 amide bonds. The molecule has 0 spiro atoms. The number of fused-ring (bicyclic) bond motifs is 1. The number of nitrogens with zero attached hydrogens (tertiary/aromatic N) is 1. The summed E-state index contributed by atoms with van der Waals surface area (Å²) in [6, 6.07) is 0.749. The Morgan fingerprint density at radius 3 is 2.71 bits per heavy atom. The zero-order valence-electron chi connectivity index (χ0n) is 11.5. The summed E-state index contributed by atoms with van der Waals surface area (Å²) in [5.41, 5.74) is 0.412. The molecule has 0 atom stereocenters. The van der Waals surface area contributed by atoms with Gasteiger partial charge in [0.2, 0.25) is 0 Å². The van der Waals surface area contributed by atoms with Crippen molar-refractivity contribution in [2.24, 2.45) is 0 Å². The number of carbonyl (C=O) groups excluding carboxylic acids is 1. The van der Waals surface area contributed by atoms with Crippen molar-refractivity contribution in [2.75, 3.05) is 18.5 Å². The second-order valence-corrected chi connectivity index (χ2v) is 4.97. The van der Waals surface area contributed by atoms with Gasteiger partial charge in [0.25, 0.3) is 0 Å². The zero-order chi connectivity index (χ0) is 15.6. The van der Waals surface area contributed by atoms with Gasteiger partial charge in [-0.15, -0.1) is 0 Å². The van der Waals surface area contributed by atoms with Crippen LogP contribution in [-0.4, -0.2) is 24.1 Å². The number of esters is 1. The van der Waals surface area contributed by atoms with Gasteiger partial charge in [-0.3, -0.25) is 4.98 Å². The normalized spacial score (nSPS) is 10.7. The maximum Gasteiger partial charge on any atom is 0.341 e. The largest absolute Gasteiger partial charge is 0.462 e. The summed E-state index contributed by atoms with van der Waals surface area (Å²) in [5, 5.41) is 3.13. The molecular formula is C14H13BrF2N2O2. The Hall–Kier alpha value is -1.76. The molecule has 21 heavy (non-hydrogen) atoms. The standard InChI is InChI=1S/C14H13BrF2N2O2/c1-3-18-12-7(14(20)21-4-2)6-19-13-9(17)5-8(16)11(15)10(12)13/h5-6H,3-4H2,1-2H3,(H,18,19). The zero-order valence-corrected chi connectivity index (χ0v) is 13.1. The Labute approximate surface area is 128 Å². The van der Waals surface area contributed by atoms with Crippen LogP contribution in [0.4, 0.5) is 14.5 Å². The molecule has 0 aliphatic rings. The fourth-order valence-electron chi connectivity index (χ4n) is 1.99. The van der Waals surface area contributed by atoms with Crippen LogP contribution in [0.2, 0.25) is 0 Å². The van der Waals surface area contributed by atoms with E-state index in [1.54, 1.807) is 6.92 Å². The number of rotatable bonds is 4. The van der Waals surface area contributed by atoms with Gasteiger partial charge in [-0.25, -0.2) is 13.6 Å². The molecule has 1 N–H and O–H groups in total. The lowest BCUT2D eigenvalue weighted by Crippen LogP contribution is -2.11. The van der Waals surface area contributed by atoms with E-state index in [0.29, 0.717) is 12.2 Å². The van der Waals surface area contributed by atoms with Gasteiger partial charge in [0.1, 0.15) is 16.9 Å². The molecule has 1 aromatic heterocycles. The topological polar surface area (TPSA) is 51.2 Å². The molecule has 0 fully saturated rings. The van der Waals surface area contributed by atoms with Crippen molar-refractivity contribution in [1.82, 2.24) is 4.98 Å². The second kappa shape index (κ2) is 6.34. The first-order chi connectivity index (χ1) is 10.0. The first-order valence-corrected chi connectivity index (χ1v) is 7.17. The molecule has 0 saturated heterocycles. The number of hydrogen-bond donors (Lipinski definition) is 1. The Kier molecular flexibility index (Phi) is 4.72. The second-order valence-electron chi connectivity index (χ2n) is 4.18. The SMILES string of the molecule is CCNc1c(C(=O)OCC)cnc2c(F)cc(F)c(Br)c12. The van der Waals surface area contributed by atoms with Gasteiger partial charge in [-0.1, -0.05) is 0 Å². The number of halogens is 3. The van der Waals surface area contributed by atoms with Crippen molar-refractivity contribution in [2.45, 2.75) is 13.8 Å². The molecule has 112 valence electrons. The van der Waals surface area contributed by atoms with Crippen LogP contribution < -0.4 is 5.32 Å². The van der Waals surface area contributed by atoms with Crippen molar-refractivity contribution < 1.29 is 18.3 Å². The number of benzene rings is 1. The summed E-state index contributed by atoms with van der Waals surface area (Å²) < 4.78 is 32.6. The number of aromatic nitrogens is 1. The van der Waals surface area contributed by atoms with Crippen molar-refractivity contribution in [3.8, 4) is 0 Å². The van der Waals surface area contributed by atoms with E-state index in [2.05, 4.69) is 26.2 Å². The molecule has 0 radical (unpaired) electrons. The number of carbonyl (C=O) groups is 1. The van der Waals surface area contributed by atoms with Crippen LogP contribution in [0.1, 0.15) is 24.2 Å². The van der Waals surface area contributed by atoms with Gasteiger partial charge in [0, 0.05) is 24.2 Å². The quantitative estimate of drug-likeness (QED) is 0.665. The third-order valence-electron chi connectivity index (χ3n) is 2.84. The van der Waals surface area contributed by atoms with Crippen LogP contribution in [-0.2, 0) is 4.74 Å². The first-order valence-electron chi connectivity index (χ1n) is 6.38. The van der Waals surface area contributed by atoms with E-state index in [0.717, 1.165) is 6.07 Å². The van der Waals surface area contributed by atoms with Gasteiger partial charge in [0.05, 0.1) is 16.8 Å². The highest BCUT2D eigenvalue weighted by atomic mass is 79.9. The smallest absolute Gasteiger partial charge is 0.341 e. The summed E-state index contributed by atoms with van der Waals surface area (Å²) in [6.45, 7) is 4.15. The van der Waals surface area contributed by atoms with E-state index in [1.165, 1.54) is 6.20 Å². The van der Waals surface area contributed by atoms with Crippen molar-refractivity contribution in [1.29, 1.82) is 0 Å². The highest BCUT2D eigenvalue weighted by Crippen LogP contribution is 2.35. The lowest BCUT2D eigenvalue weighted by molar-refractivity contribution is 0.0527. The van der Waals surface area contributed by atoms with Crippen LogP contribution in [0.3, 0.4) is 0 Å². The lowest BCUT2D eigenvalue weighted by atomic mass is 10.1. The third kappa shape index (κ3) is 2.83. The highest BCUT2D eigenvalue weighted by Gasteiger charge is 2.21. The average molecular weight is 359 g/mol. The van der Waals surface area contributed by atoms with E-state index in [-0.39, 0.29) is 27.5 Å². The molecule has 0 aliphatic carbocycles. The molecule has 0 aliphatic heterocycles. The fraction of sp³-hybridized carbons (Fsp3) is 0.286. The lowest BCUT2D eigenvalue weighted by Gasteiger charge is -2.14. The van der Waals surface area contributed by atoms with Crippen LogP contribution >= 0.6 is 15.9 Å². The molecule has 7 heteroatoms. The summed E-state index contributed by atoms with van der Waals surface area (Å²) >= 11 is 3.08. The van der Waals surface area contributed by atoms with Crippen LogP contribution in [0.5, 0.6) is 0 Å². The van der Waals surface area contributed by atoms with Gasteiger partial charge in [0.15, 0.2) is 5.82 Å². The predicted molar refractivity (Wildman–Crippen MR) is 79.5 cm³/mol. The molecule has 0 saturated carbocycles.